The van der Waals surface area contributed by atoms with Crippen molar-refractivity contribution >= 4 is 28.6 Å². The van der Waals surface area contributed by atoms with Crippen LogP contribution in [0.3, 0.4) is 0 Å². The highest BCUT2D eigenvalue weighted by molar-refractivity contribution is 5.78. The maximum Gasteiger partial charge on any atom is 0.296 e. The highest BCUT2D eigenvalue weighted by atomic mass is 19.3. The predicted molar refractivity (Wildman–Crippen MR) is 142 cm³/mol. The van der Waals surface area contributed by atoms with Gasteiger partial charge in [0.05, 0.1) is 36.1 Å². The maximum absolute atomic E-state index is 14.2. The Morgan fingerprint density at radius 3 is 2.49 bits per heavy atom. The molecule has 2 saturated heterocycles. The fraction of sp³-hybridized carbons (Fsp3) is 0.440. The second kappa shape index (κ2) is 10.6. The number of hydrogen-bond donors (Lipinski definition) is 2. The van der Waals surface area contributed by atoms with Gasteiger partial charge >= 0.3 is 0 Å². The van der Waals surface area contributed by atoms with Crippen LogP contribution in [0.4, 0.5) is 26.4 Å². The second-order valence-corrected chi connectivity index (χ2v) is 9.67. The van der Waals surface area contributed by atoms with Gasteiger partial charge in [-0.1, -0.05) is 12.1 Å². The number of piperidine rings is 1. The summed E-state index contributed by atoms with van der Waals surface area (Å²) in [5.41, 5.74) is 7.73. The molecular formula is C25H29F2N11O. The molecule has 12 nitrogen and oxygen atoms in total. The number of hydrogen-bond acceptors (Lipinski definition) is 11. The zero-order chi connectivity index (χ0) is 26.9. The SMILES string of the molecule is CN1CCC(Nc2ncc(N)c(-c3nc(N4CCOCC4)nc(-n4c(C(F)F)nc5ccccc54)n3)n2)CC1. The number of likely N-dealkylation sites (tertiary alicyclic amines) is 1. The van der Waals surface area contributed by atoms with E-state index in [9.17, 15) is 8.78 Å². The van der Waals surface area contributed by atoms with Crippen LogP contribution in [0.1, 0.15) is 25.1 Å². The van der Waals surface area contributed by atoms with Crippen molar-refractivity contribution in [2.24, 2.45) is 0 Å². The first-order chi connectivity index (χ1) is 19.0. The van der Waals surface area contributed by atoms with Crippen LogP contribution < -0.4 is 16.0 Å². The van der Waals surface area contributed by atoms with Gasteiger partial charge in [0.2, 0.25) is 17.8 Å². The molecule has 5 heterocycles. The van der Waals surface area contributed by atoms with Gasteiger partial charge in [-0.3, -0.25) is 4.57 Å². The van der Waals surface area contributed by atoms with Gasteiger partial charge in [0.15, 0.2) is 11.6 Å². The summed E-state index contributed by atoms with van der Waals surface area (Å²) >= 11 is 0. The number of para-hydroxylation sites is 2. The molecule has 0 radical (unpaired) electrons. The smallest absolute Gasteiger partial charge is 0.296 e. The number of alkyl halides is 2. The highest BCUT2D eigenvalue weighted by Gasteiger charge is 2.26. The van der Waals surface area contributed by atoms with Gasteiger partial charge in [-0.25, -0.2) is 23.7 Å². The molecule has 0 spiro atoms. The standard InChI is InChI=1S/C25H29F2N11O/c1-36-8-6-15(7-9-36)30-23-29-14-16(28)19(32-23)21-33-24(37-10-12-39-13-11-37)35-25(34-21)38-18-5-3-2-4-17(18)31-22(38)20(26)27/h2-5,14-15,20H,6-13,28H2,1H3,(H,29,30,32). The Balaban J connectivity index is 1.46. The van der Waals surface area contributed by atoms with Crippen molar-refractivity contribution < 1.29 is 13.5 Å². The highest BCUT2D eigenvalue weighted by Crippen LogP contribution is 2.29. The van der Waals surface area contributed by atoms with Gasteiger partial charge in [0, 0.05) is 19.1 Å². The largest absolute Gasteiger partial charge is 0.396 e. The molecule has 2 aliphatic rings. The molecule has 6 rings (SSSR count). The van der Waals surface area contributed by atoms with E-state index in [1.165, 1.54) is 10.8 Å². The van der Waals surface area contributed by atoms with E-state index in [1.54, 1.807) is 24.3 Å². The van der Waals surface area contributed by atoms with Crippen molar-refractivity contribution in [2.75, 3.05) is 62.4 Å². The summed E-state index contributed by atoms with van der Waals surface area (Å²) in [7, 11) is 2.10. The van der Waals surface area contributed by atoms with Crippen molar-refractivity contribution in [2.45, 2.75) is 25.3 Å². The van der Waals surface area contributed by atoms with Crippen molar-refractivity contribution in [1.29, 1.82) is 0 Å². The third kappa shape index (κ3) is 5.16. The molecule has 0 amide bonds. The quantitative estimate of drug-likeness (QED) is 0.375. The van der Waals surface area contributed by atoms with Crippen molar-refractivity contribution in [3.05, 3.63) is 36.3 Å². The molecule has 0 aliphatic carbocycles. The van der Waals surface area contributed by atoms with Crippen LogP contribution in [0.25, 0.3) is 28.5 Å². The summed E-state index contributed by atoms with van der Waals surface area (Å²) in [6, 6.07) is 7.10. The molecule has 204 valence electrons. The third-order valence-electron chi connectivity index (χ3n) is 6.97. The van der Waals surface area contributed by atoms with Gasteiger partial charge in [-0.2, -0.15) is 15.0 Å². The lowest BCUT2D eigenvalue weighted by Gasteiger charge is -2.29. The monoisotopic (exact) mass is 537 g/mol. The topological polar surface area (TPSA) is 136 Å². The van der Waals surface area contributed by atoms with E-state index in [4.69, 9.17) is 10.5 Å². The molecule has 3 N–H and O–H groups in total. The Hall–Kier alpha value is -4.04. The summed E-state index contributed by atoms with van der Waals surface area (Å²) in [5, 5.41) is 3.39. The Kier molecular flexibility index (Phi) is 6.87. The Labute approximate surface area is 223 Å². The molecule has 2 aliphatic heterocycles. The second-order valence-electron chi connectivity index (χ2n) is 9.67. The lowest BCUT2D eigenvalue weighted by atomic mass is 10.1. The minimum atomic E-state index is -2.85. The minimum absolute atomic E-state index is 0.00771. The molecular weight excluding hydrogens is 508 g/mol. The number of halogens is 2. The van der Waals surface area contributed by atoms with Gasteiger partial charge in [0.25, 0.3) is 6.43 Å². The van der Waals surface area contributed by atoms with Crippen LogP contribution >= 0.6 is 0 Å². The Bertz CT molecular complexity index is 1470. The van der Waals surface area contributed by atoms with Gasteiger partial charge in [0.1, 0.15) is 5.69 Å². The van der Waals surface area contributed by atoms with Crippen molar-refractivity contribution in [1.82, 2.24) is 39.4 Å². The first-order valence-electron chi connectivity index (χ1n) is 12.9. The number of aromatic nitrogens is 7. The van der Waals surface area contributed by atoms with E-state index < -0.39 is 12.2 Å². The maximum atomic E-state index is 14.2. The lowest BCUT2D eigenvalue weighted by Crippen LogP contribution is -2.37. The number of nitrogen functional groups attached to an aromatic ring is 1. The van der Waals surface area contributed by atoms with Gasteiger partial charge in [-0.15, -0.1) is 0 Å². The molecule has 3 aromatic heterocycles. The molecule has 1 aromatic carbocycles. The number of nitrogens with one attached hydrogen (secondary N) is 1. The van der Waals surface area contributed by atoms with Crippen molar-refractivity contribution in [3.63, 3.8) is 0 Å². The van der Waals surface area contributed by atoms with E-state index in [1.807, 2.05) is 4.90 Å². The molecule has 0 atom stereocenters. The van der Waals surface area contributed by atoms with Crippen molar-refractivity contribution in [3.8, 4) is 17.5 Å². The Morgan fingerprint density at radius 2 is 1.72 bits per heavy atom. The summed E-state index contributed by atoms with van der Waals surface area (Å²) < 4.78 is 35.1. The first kappa shape index (κ1) is 25.2. The van der Waals surface area contributed by atoms with Crippen LogP contribution in [-0.4, -0.2) is 91.9 Å². The fourth-order valence-electron chi connectivity index (χ4n) is 4.84. The van der Waals surface area contributed by atoms with E-state index in [0.717, 1.165) is 25.9 Å². The van der Waals surface area contributed by atoms with E-state index in [0.29, 0.717) is 54.9 Å². The number of imidazole rings is 1. The Morgan fingerprint density at radius 1 is 0.974 bits per heavy atom. The average Bonchev–Trinajstić information content (AvgIpc) is 3.36. The van der Waals surface area contributed by atoms with E-state index >= 15 is 0 Å². The molecule has 0 saturated carbocycles. The van der Waals surface area contributed by atoms with Crippen LogP contribution in [0.2, 0.25) is 0 Å². The average molecular weight is 538 g/mol. The fourth-order valence-corrected chi connectivity index (χ4v) is 4.84. The molecule has 0 unspecified atom stereocenters. The molecule has 0 bridgehead atoms. The van der Waals surface area contributed by atoms with Crippen LogP contribution in [0.15, 0.2) is 30.5 Å². The number of anilines is 3. The summed E-state index contributed by atoms with van der Waals surface area (Å²) in [6.45, 7) is 4.02. The first-order valence-corrected chi connectivity index (χ1v) is 12.9. The summed E-state index contributed by atoms with van der Waals surface area (Å²) in [6.07, 6.45) is 0.579. The summed E-state index contributed by atoms with van der Waals surface area (Å²) in [5.74, 6) is 0.435. The zero-order valence-corrected chi connectivity index (χ0v) is 21.5. The number of rotatable bonds is 6. The lowest BCUT2D eigenvalue weighted by molar-refractivity contribution is 0.122. The van der Waals surface area contributed by atoms with Gasteiger partial charge < -0.3 is 25.6 Å². The number of benzene rings is 1. The molecule has 2 fully saturated rings. The van der Waals surface area contributed by atoms with E-state index in [2.05, 4.69) is 47.2 Å². The number of morpholine rings is 1. The minimum Gasteiger partial charge on any atom is -0.396 e. The number of fused-ring (bicyclic) bond motifs is 1. The number of ether oxygens (including phenoxy) is 1. The molecule has 39 heavy (non-hydrogen) atoms. The summed E-state index contributed by atoms with van der Waals surface area (Å²) in [4.78, 5) is 31.2. The molecule has 14 heteroatoms. The number of nitrogens with two attached hydrogens (primary N) is 1. The normalized spacial score (nSPS) is 17.3. The van der Waals surface area contributed by atoms with Gasteiger partial charge in [-0.05, 0) is 45.1 Å². The number of nitrogens with zero attached hydrogens (tertiary/aromatic N) is 9. The van der Waals surface area contributed by atoms with Crippen LogP contribution in [0, 0.1) is 0 Å². The van der Waals surface area contributed by atoms with Crippen LogP contribution in [0.5, 0.6) is 0 Å². The van der Waals surface area contributed by atoms with E-state index in [-0.39, 0.29) is 23.5 Å². The predicted octanol–water partition coefficient (Wildman–Crippen LogP) is 2.53. The van der Waals surface area contributed by atoms with Crippen LogP contribution in [-0.2, 0) is 4.74 Å². The molecule has 4 aromatic rings. The third-order valence-corrected chi connectivity index (χ3v) is 6.97. The zero-order valence-electron chi connectivity index (χ0n) is 21.5.